The molecule has 0 spiro atoms. The molecule has 47 heavy (non-hydrogen) atoms. The molecule has 13 nitrogen and oxygen atoms in total. The molecule has 0 radical (unpaired) electrons. The zero-order valence-electron chi connectivity index (χ0n) is 26.3. The molecular formula is C30H30N2Na2O11S2. The molecule has 0 fully saturated rings. The van der Waals surface area contributed by atoms with E-state index in [9.17, 15) is 45.1 Å². The Kier molecular flexibility index (Phi) is 17.2. The standard InChI is InChI=1S/C30H32N2O11S2.2Na/c1-3-5-15-31-28(34)21-11-13-23(25(17-21)44(37,38)39)27(33)19-7-9-20(10-8-19)30(36)43-24-14-12-22(18-26(24)45(40,41)42)29(35)32-16-6-4-2;;/h7-14,17-18H,3-6,15-16H2,1-2H3,(H,31,34)(H,32,35)(H,37,38,39)(H,40,41,42);;/q;2*+1/p-2. The first kappa shape index (κ1) is 42.6. The Morgan fingerprint density at radius 1 is 0.638 bits per heavy atom. The summed E-state index contributed by atoms with van der Waals surface area (Å²) >= 11 is 0. The molecule has 2 amide bonds. The Bertz CT molecular complexity index is 1830. The molecule has 0 bridgehead atoms. The minimum absolute atomic E-state index is 0. The fourth-order valence-electron chi connectivity index (χ4n) is 4.02. The van der Waals surface area contributed by atoms with Gasteiger partial charge in [-0.1, -0.05) is 38.8 Å². The number of amides is 2. The second kappa shape index (κ2) is 18.9. The summed E-state index contributed by atoms with van der Waals surface area (Å²) in [5.74, 6) is -3.86. The van der Waals surface area contributed by atoms with E-state index < -0.39 is 64.9 Å². The number of nitrogens with one attached hydrogen (secondary N) is 2. The SMILES string of the molecule is CCCCNC(=O)c1ccc(OC(=O)c2ccc(C(=O)c3ccc(C(=O)NCCCC)cc3S(=O)(=O)[O-])cc2)c(S(=O)(=O)[O-])c1.[Na+].[Na+]. The third kappa shape index (κ3) is 11.9. The molecule has 0 unspecified atom stereocenters. The number of ketones is 1. The van der Waals surface area contributed by atoms with Crippen LogP contribution in [0.25, 0.3) is 0 Å². The third-order valence-electron chi connectivity index (χ3n) is 6.45. The van der Waals surface area contributed by atoms with E-state index in [2.05, 4.69) is 10.6 Å². The summed E-state index contributed by atoms with van der Waals surface area (Å²) in [6.45, 7) is 4.49. The van der Waals surface area contributed by atoms with Crippen LogP contribution in [0, 0.1) is 0 Å². The van der Waals surface area contributed by atoms with Gasteiger partial charge in [0.25, 0.3) is 11.8 Å². The predicted molar refractivity (Wildman–Crippen MR) is 158 cm³/mol. The second-order valence-corrected chi connectivity index (χ2v) is 12.5. The van der Waals surface area contributed by atoms with Crippen LogP contribution in [0.4, 0.5) is 0 Å². The Hall–Kier alpha value is -2.44. The molecule has 0 aromatic heterocycles. The normalized spacial score (nSPS) is 11.0. The van der Waals surface area contributed by atoms with Gasteiger partial charge in [-0.05, 0) is 61.4 Å². The fraction of sp³-hybridized carbons (Fsp3) is 0.267. The van der Waals surface area contributed by atoms with Crippen LogP contribution in [0.3, 0.4) is 0 Å². The number of carbonyl (C=O) groups is 4. The molecule has 0 heterocycles. The van der Waals surface area contributed by atoms with Crippen molar-refractivity contribution in [3.8, 4) is 5.75 Å². The zero-order chi connectivity index (χ0) is 33.4. The van der Waals surface area contributed by atoms with Crippen molar-refractivity contribution in [3.05, 3.63) is 88.5 Å². The third-order valence-corrected chi connectivity index (χ3v) is 8.18. The maximum Gasteiger partial charge on any atom is 1.00 e. The van der Waals surface area contributed by atoms with E-state index >= 15 is 0 Å². The minimum atomic E-state index is -5.18. The summed E-state index contributed by atoms with van der Waals surface area (Å²) < 4.78 is 76.6. The maximum absolute atomic E-state index is 13.1. The summed E-state index contributed by atoms with van der Waals surface area (Å²) in [6, 6.07) is 10.6. The van der Waals surface area contributed by atoms with Crippen molar-refractivity contribution in [2.45, 2.75) is 49.3 Å². The zero-order valence-corrected chi connectivity index (χ0v) is 32.0. The Balaban J connectivity index is 0.00000552. The van der Waals surface area contributed by atoms with Crippen LogP contribution < -0.4 is 74.5 Å². The average molecular weight is 705 g/mol. The van der Waals surface area contributed by atoms with Crippen molar-refractivity contribution in [3.63, 3.8) is 0 Å². The van der Waals surface area contributed by atoms with Gasteiger partial charge in [0.2, 0.25) is 0 Å². The second-order valence-electron chi connectivity index (χ2n) is 9.80. The van der Waals surface area contributed by atoms with Crippen LogP contribution in [-0.4, -0.2) is 62.6 Å². The quantitative estimate of drug-likeness (QED) is 0.0431. The van der Waals surface area contributed by atoms with E-state index in [1.165, 1.54) is 12.1 Å². The van der Waals surface area contributed by atoms with E-state index in [4.69, 9.17) is 4.74 Å². The van der Waals surface area contributed by atoms with Crippen LogP contribution >= 0.6 is 0 Å². The van der Waals surface area contributed by atoms with Gasteiger partial charge in [0.15, 0.2) is 5.78 Å². The van der Waals surface area contributed by atoms with Crippen molar-refractivity contribution in [1.82, 2.24) is 10.6 Å². The van der Waals surface area contributed by atoms with Crippen LogP contribution in [0.2, 0.25) is 0 Å². The largest absolute Gasteiger partial charge is 1.00 e. The van der Waals surface area contributed by atoms with Crippen molar-refractivity contribution < 1.29 is 109 Å². The monoisotopic (exact) mass is 704 g/mol. The number of esters is 1. The molecule has 0 saturated heterocycles. The van der Waals surface area contributed by atoms with E-state index in [-0.39, 0.29) is 81.4 Å². The van der Waals surface area contributed by atoms with Crippen LogP contribution in [-0.2, 0) is 20.2 Å². The van der Waals surface area contributed by atoms with E-state index in [1.807, 2.05) is 13.8 Å². The molecule has 0 aliphatic rings. The first-order valence-electron chi connectivity index (χ1n) is 13.8. The van der Waals surface area contributed by atoms with Crippen LogP contribution in [0.5, 0.6) is 5.75 Å². The Morgan fingerprint density at radius 2 is 1.06 bits per heavy atom. The predicted octanol–water partition coefficient (Wildman–Crippen LogP) is -2.99. The molecule has 3 aromatic carbocycles. The van der Waals surface area contributed by atoms with Gasteiger partial charge in [0, 0.05) is 35.3 Å². The number of carbonyl (C=O) groups excluding carboxylic acids is 4. The number of hydrogen-bond acceptors (Lipinski definition) is 11. The Morgan fingerprint density at radius 3 is 1.53 bits per heavy atom. The summed E-state index contributed by atoms with van der Waals surface area (Å²) in [7, 11) is -10.4. The molecule has 3 rings (SSSR count). The number of rotatable bonds is 14. The number of benzene rings is 3. The summed E-state index contributed by atoms with van der Waals surface area (Å²) in [6.07, 6.45) is 2.98. The van der Waals surface area contributed by atoms with E-state index in [0.717, 1.165) is 61.4 Å². The first-order chi connectivity index (χ1) is 21.2. The minimum Gasteiger partial charge on any atom is -0.744 e. The van der Waals surface area contributed by atoms with Crippen molar-refractivity contribution in [2.24, 2.45) is 0 Å². The maximum atomic E-state index is 13.1. The summed E-state index contributed by atoms with van der Waals surface area (Å²) in [5.41, 5.74) is -1.06. The topological polar surface area (TPSA) is 216 Å². The number of ether oxygens (including phenoxy) is 1. The van der Waals surface area contributed by atoms with E-state index in [1.54, 1.807) is 0 Å². The van der Waals surface area contributed by atoms with Crippen molar-refractivity contribution in [2.75, 3.05) is 13.1 Å². The van der Waals surface area contributed by atoms with Crippen LogP contribution in [0.1, 0.15) is 86.5 Å². The molecule has 0 saturated carbocycles. The Labute approximate surface area is 317 Å². The van der Waals surface area contributed by atoms with Gasteiger partial charge < -0.3 is 24.5 Å². The molecular weight excluding hydrogens is 674 g/mol. The molecule has 2 N–H and O–H groups in total. The van der Waals surface area contributed by atoms with Gasteiger partial charge in [-0.15, -0.1) is 0 Å². The average Bonchev–Trinajstić information content (AvgIpc) is 2.99. The molecule has 0 aliphatic heterocycles. The van der Waals surface area contributed by atoms with Crippen LogP contribution in [0.15, 0.2) is 70.5 Å². The molecule has 240 valence electrons. The van der Waals surface area contributed by atoms with Gasteiger partial charge in [-0.2, -0.15) is 0 Å². The molecule has 0 atom stereocenters. The first-order valence-corrected chi connectivity index (χ1v) is 16.6. The van der Waals surface area contributed by atoms with Gasteiger partial charge >= 0.3 is 65.1 Å². The molecule has 17 heteroatoms. The fourth-order valence-corrected chi connectivity index (χ4v) is 5.35. The number of hydrogen-bond donors (Lipinski definition) is 2. The van der Waals surface area contributed by atoms with Gasteiger partial charge in [-0.25, -0.2) is 21.6 Å². The van der Waals surface area contributed by atoms with Gasteiger partial charge in [-0.3, -0.25) is 14.4 Å². The smallest absolute Gasteiger partial charge is 0.744 e. The molecule has 3 aromatic rings. The summed E-state index contributed by atoms with van der Waals surface area (Å²) in [5, 5.41) is 5.17. The van der Waals surface area contributed by atoms with Crippen molar-refractivity contribution in [1.29, 1.82) is 0 Å². The molecule has 0 aliphatic carbocycles. The number of unbranched alkanes of at least 4 members (excludes halogenated alkanes) is 2. The van der Waals surface area contributed by atoms with Gasteiger partial charge in [0.05, 0.1) is 15.4 Å². The van der Waals surface area contributed by atoms with Crippen molar-refractivity contribution >= 4 is 43.8 Å². The van der Waals surface area contributed by atoms with E-state index in [0.29, 0.717) is 25.9 Å². The summed E-state index contributed by atoms with van der Waals surface area (Å²) in [4.78, 5) is 48.7. The van der Waals surface area contributed by atoms with Gasteiger partial charge in [0.1, 0.15) is 26.0 Å².